The molecule has 0 amide bonds. The summed E-state index contributed by atoms with van der Waals surface area (Å²) in [5, 5.41) is 19.5. The van der Waals surface area contributed by atoms with Gasteiger partial charge in [0.15, 0.2) is 17.5 Å². The maximum absolute atomic E-state index is 12.9. The van der Waals surface area contributed by atoms with Crippen LogP contribution in [0, 0.1) is 23.2 Å². The summed E-state index contributed by atoms with van der Waals surface area (Å²) in [4.78, 5) is 25.5. The largest absolute Gasteiger partial charge is 0.509 e. The van der Waals surface area contributed by atoms with Crippen molar-refractivity contribution in [3.63, 3.8) is 0 Å². The molecule has 6 heteroatoms. The molecule has 1 aliphatic heterocycles. The number of aliphatic hydroxyl groups excluding tert-OH is 1. The molecular formula is C21H21ClN2O3. The minimum atomic E-state index is -1.20. The highest BCUT2D eigenvalue weighted by molar-refractivity contribution is 6.30. The van der Waals surface area contributed by atoms with Gasteiger partial charge in [-0.15, -0.1) is 5.11 Å². The van der Waals surface area contributed by atoms with Crippen LogP contribution in [0.2, 0.25) is 5.02 Å². The van der Waals surface area contributed by atoms with Crippen LogP contribution in [0.3, 0.4) is 0 Å². The molecule has 6 rings (SSSR count). The normalized spacial score (nSPS) is 38.5. The lowest BCUT2D eigenvalue weighted by molar-refractivity contribution is -0.115. The molecule has 1 unspecified atom stereocenters. The number of azo groups is 1. The monoisotopic (exact) mass is 384 g/mol. The topological polar surface area (TPSA) is 79.1 Å². The van der Waals surface area contributed by atoms with Crippen molar-refractivity contribution in [2.75, 3.05) is 0 Å². The molecule has 0 spiro atoms. The predicted octanol–water partition coefficient (Wildman–Crippen LogP) is 4.91. The van der Waals surface area contributed by atoms with Gasteiger partial charge in [0.2, 0.25) is 5.78 Å². The van der Waals surface area contributed by atoms with Gasteiger partial charge in [0.1, 0.15) is 5.76 Å². The Morgan fingerprint density at radius 1 is 1.04 bits per heavy atom. The molecule has 4 aliphatic carbocycles. The Balaban J connectivity index is 1.43. The summed E-state index contributed by atoms with van der Waals surface area (Å²) in [5.41, 5.74) is 0.0354. The zero-order chi connectivity index (χ0) is 18.8. The van der Waals surface area contributed by atoms with Gasteiger partial charge in [-0.3, -0.25) is 9.59 Å². The van der Waals surface area contributed by atoms with E-state index < -0.39 is 17.6 Å². The number of aliphatic hydroxyl groups is 1. The summed E-state index contributed by atoms with van der Waals surface area (Å²) in [7, 11) is 0. The van der Waals surface area contributed by atoms with Crippen molar-refractivity contribution in [1.29, 1.82) is 0 Å². The average molecular weight is 385 g/mol. The van der Waals surface area contributed by atoms with Crippen LogP contribution >= 0.6 is 11.6 Å². The van der Waals surface area contributed by atoms with Gasteiger partial charge in [-0.25, -0.2) is 0 Å². The van der Waals surface area contributed by atoms with E-state index in [1.54, 1.807) is 24.3 Å². The van der Waals surface area contributed by atoms with Crippen molar-refractivity contribution in [3.05, 3.63) is 46.3 Å². The van der Waals surface area contributed by atoms with Crippen LogP contribution in [0.25, 0.3) is 0 Å². The molecule has 0 saturated heterocycles. The van der Waals surface area contributed by atoms with Crippen LogP contribution in [0.15, 0.2) is 46.0 Å². The van der Waals surface area contributed by atoms with E-state index >= 15 is 0 Å². The Labute approximate surface area is 162 Å². The maximum atomic E-state index is 12.9. The third-order valence-corrected chi connectivity index (χ3v) is 7.15. The van der Waals surface area contributed by atoms with E-state index in [2.05, 4.69) is 10.2 Å². The molecule has 5 aliphatic rings. The first-order chi connectivity index (χ1) is 12.9. The summed E-state index contributed by atoms with van der Waals surface area (Å²) >= 11 is 5.86. The quantitative estimate of drug-likeness (QED) is 0.348. The van der Waals surface area contributed by atoms with Crippen LogP contribution in [0.4, 0.5) is 0 Å². The minimum absolute atomic E-state index is 0.00395. The number of nitrogens with zero attached hydrogens (tertiary/aromatic N) is 2. The lowest BCUT2D eigenvalue weighted by Gasteiger charge is -2.56. The molecule has 5 nitrogen and oxygen atoms in total. The highest BCUT2D eigenvalue weighted by atomic mass is 35.5. The van der Waals surface area contributed by atoms with E-state index in [1.165, 1.54) is 19.3 Å². The van der Waals surface area contributed by atoms with Crippen LogP contribution in [0.5, 0.6) is 0 Å². The number of carbonyl (C=O) groups excluding carboxylic acids is 2. The summed E-state index contributed by atoms with van der Waals surface area (Å²) in [6.45, 7) is 0. The Kier molecular flexibility index (Phi) is 3.80. The highest BCUT2D eigenvalue weighted by Gasteiger charge is 2.54. The van der Waals surface area contributed by atoms with Crippen LogP contribution in [-0.2, 0) is 4.79 Å². The Morgan fingerprint density at radius 3 is 2.15 bits per heavy atom. The summed E-state index contributed by atoms with van der Waals surface area (Å²) < 4.78 is 0. The summed E-state index contributed by atoms with van der Waals surface area (Å²) in [6, 6.07) is 5.17. The second-order valence-corrected chi connectivity index (χ2v) is 9.18. The van der Waals surface area contributed by atoms with E-state index in [0.29, 0.717) is 28.3 Å². The predicted molar refractivity (Wildman–Crippen MR) is 99.7 cm³/mol. The molecule has 0 aromatic heterocycles. The molecule has 1 heterocycles. The molecule has 27 heavy (non-hydrogen) atoms. The van der Waals surface area contributed by atoms with Gasteiger partial charge in [0.05, 0.1) is 0 Å². The first-order valence-electron chi connectivity index (χ1n) is 9.64. The minimum Gasteiger partial charge on any atom is -0.509 e. The van der Waals surface area contributed by atoms with Gasteiger partial charge < -0.3 is 5.11 Å². The van der Waals surface area contributed by atoms with Crippen LogP contribution in [-0.4, -0.2) is 22.7 Å². The highest BCUT2D eigenvalue weighted by Crippen LogP contribution is 2.62. The zero-order valence-corrected chi connectivity index (χ0v) is 15.7. The lowest BCUT2D eigenvalue weighted by atomic mass is 9.49. The Hall–Kier alpha value is -2.01. The zero-order valence-electron chi connectivity index (χ0n) is 14.9. The molecule has 1 aromatic rings. The number of hydrogen-bond donors (Lipinski definition) is 1. The smallest absolute Gasteiger partial charge is 0.220 e. The second kappa shape index (κ2) is 5.99. The fraction of sp³-hybridized carbons (Fsp3) is 0.524. The third-order valence-electron chi connectivity index (χ3n) is 6.90. The van der Waals surface area contributed by atoms with Crippen molar-refractivity contribution in [2.45, 2.75) is 44.6 Å². The first kappa shape index (κ1) is 17.1. The molecule has 1 atom stereocenters. The fourth-order valence-electron chi connectivity index (χ4n) is 6.11. The molecular weight excluding hydrogens is 364 g/mol. The van der Waals surface area contributed by atoms with Gasteiger partial charge in [-0.2, -0.15) is 5.11 Å². The summed E-state index contributed by atoms with van der Waals surface area (Å²) in [5.74, 6) is 1.11. The van der Waals surface area contributed by atoms with Gasteiger partial charge in [0.25, 0.3) is 0 Å². The van der Waals surface area contributed by atoms with Gasteiger partial charge in [0, 0.05) is 16.0 Å². The van der Waals surface area contributed by atoms with Crippen molar-refractivity contribution in [2.24, 2.45) is 33.4 Å². The molecule has 4 bridgehead atoms. The molecule has 1 aromatic carbocycles. The number of Topliss-reactive ketones (excluding diaryl/α,β-unsaturated/α-hetero) is 2. The Morgan fingerprint density at radius 2 is 1.59 bits per heavy atom. The van der Waals surface area contributed by atoms with Crippen LogP contribution < -0.4 is 0 Å². The second-order valence-electron chi connectivity index (χ2n) is 8.75. The van der Waals surface area contributed by atoms with Crippen molar-refractivity contribution in [3.8, 4) is 0 Å². The van der Waals surface area contributed by atoms with Crippen molar-refractivity contribution in [1.82, 2.24) is 0 Å². The number of ketones is 2. The molecule has 1 N–H and O–H groups in total. The lowest BCUT2D eigenvalue weighted by Crippen LogP contribution is -2.47. The van der Waals surface area contributed by atoms with E-state index in [4.69, 9.17) is 11.6 Å². The van der Waals surface area contributed by atoms with Gasteiger partial charge >= 0.3 is 0 Å². The first-order valence-corrected chi connectivity index (χ1v) is 10.0. The van der Waals surface area contributed by atoms with Crippen molar-refractivity contribution >= 4 is 23.2 Å². The maximum Gasteiger partial charge on any atom is 0.220 e. The number of benzene rings is 1. The number of hydrogen-bond acceptors (Lipinski definition) is 5. The van der Waals surface area contributed by atoms with Gasteiger partial charge in [-0.05, 0) is 80.5 Å². The van der Waals surface area contributed by atoms with E-state index in [-0.39, 0.29) is 16.9 Å². The number of halogens is 1. The molecule has 140 valence electrons. The Bertz CT molecular complexity index is 852. The third kappa shape index (κ3) is 2.66. The van der Waals surface area contributed by atoms with E-state index in [1.807, 2.05) is 0 Å². The number of carbonyl (C=O) groups is 2. The SMILES string of the molecule is O=C1/C(=C(\O)C23CC4CC(CC(C4)C2)C3)N=NC1C(=O)c1ccc(Cl)cc1. The van der Waals surface area contributed by atoms with Crippen molar-refractivity contribution < 1.29 is 14.7 Å². The number of rotatable bonds is 3. The molecule has 4 fully saturated rings. The standard InChI is InChI=1S/C21H21ClN2O3/c22-15-3-1-14(2-4-15)18(25)16-19(26)17(24-23-16)20(27)21-8-11-5-12(9-21)7-13(6-11)10-21/h1-4,11-13,16,27H,5-10H2/b20-17+. The summed E-state index contributed by atoms with van der Waals surface area (Å²) in [6.07, 6.45) is 6.51. The number of allylic oxidation sites excluding steroid dienone is 1. The van der Waals surface area contributed by atoms with E-state index in [0.717, 1.165) is 19.3 Å². The molecule has 0 radical (unpaired) electrons. The molecule has 4 saturated carbocycles. The van der Waals surface area contributed by atoms with E-state index in [9.17, 15) is 14.7 Å². The fourth-order valence-corrected chi connectivity index (χ4v) is 6.23. The average Bonchev–Trinajstić information content (AvgIpc) is 3.01. The van der Waals surface area contributed by atoms with Crippen LogP contribution in [0.1, 0.15) is 48.9 Å². The van der Waals surface area contributed by atoms with Gasteiger partial charge in [-0.1, -0.05) is 11.6 Å².